The van der Waals surface area contributed by atoms with Crippen LogP contribution in [0.2, 0.25) is 0 Å². The summed E-state index contributed by atoms with van der Waals surface area (Å²) in [6, 6.07) is 0. The van der Waals surface area contributed by atoms with Gasteiger partial charge in [0.1, 0.15) is 0 Å². The number of hydrogen-bond acceptors (Lipinski definition) is 1. The minimum atomic E-state index is -0.160. The highest BCUT2D eigenvalue weighted by Gasteiger charge is 2.36. The molecular formula is C21H32O. The monoisotopic (exact) mass is 300 g/mol. The van der Waals surface area contributed by atoms with Gasteiger partial charge in [-0.25, -0.2) is 0 Å². The Morgan fingerprint density at radius 2 is 1.86 bits per heavy atom. The molecule has 0 aliphatic heterocycles. The number of hydrogen-bond donors (Lipinski definition) is 1. The highest BCUT2D eigenvalue weighted by Crippen LogP contribution is 2.50. The Hall–Kier alpha value is -0.820. The molecule has 1 atom stereocenters. The highest BCUT2D eigenvalue weighted by molar-refractivity contribution is 5.35. The van der Waals surface area contributed by atoms with Crippen molar-refractivity contribution in [2.45, 2.75) is 83.7 Å². The summed E-state index contributed by atoms with van der Waals surface area (Å²) >= 11 is 0. The van der Waals surface area contributed by atoms with Crippen LogP contribution in [0.15, 0.2) is 35.5 Å². The van der Waals surface area contributed by atoms with E-state index < -0.39 is 0 Å². The average Bonchev–Trinajstić information content (AvgIpc) is 2.52. The van der Waals surface area contributed by atoms with Gasteiger partial charge in [0.05, 0.1) is 6.10 Å². The second-order valence-electron chi connectivity index (χ2n) is 8.23. The second kappa shape index (κ2) is 6.74. The highest BCUT2D eigenvalue weighted by atomic mass is 16.3. The summed E-state index contributed by atoms with van der Waals surface area (Å²) < 4.78 is 0. The molecule has 22 heavy (non-hydrogen) atoms. The zero-order chi connectivity index (χ0) is 15.6. The summed E-state index contributed by atoms with van der Waals surface area (Å²) in [5, 5.41) is 9.86. The Bertz CT molecular complexity index is 474. The molecule has 0 amide bonds. The Morgan fingerprint density at radius 1 is 1.09 bits per heavy atom. The smallest absolute Gasteiger partial charge is 0.0583 e. The molecule has 3 rings (SSSR count). The molecule has 3 fully saturated rings. The first-order valence-corrected chi connectivity index (χ1v) is 9.31. The maximum atomic E-state index is 9.86. The Morgan fingerprint density at radius 3 is 2.64 bits per heavy atom. The van der Waals surface area contributed by atoms with E-state index in [1.54, 1.807) is 5.57 Å². The lowest BCUT2D eigenvalue weighted by Crippen LogP contribution is -2.29. The van der Waals surface area contributed by atoms with Crippen LogP contribution in [0.1, 0.15) is 77.6 Å². The van der Waals surface area contributed by atoms with Gasteiger partial charge in [0, 0.05) is 0 Å². The van der Waals surface area contributed by atoms with Gasteiger partial charge in [-0.2, -0.15) is 0 Å². The zero-order valence-corrected chi connectivity index (χ0v) is 14.2. The third-order valence-electron chi connectivity index (χ3n) is 6.35. The van der Waals surface area contributed by atoms with Crippen LogP contribution in [-0.4, -0.2) is 11.2 Å². The van der Waals surface area contributed by atoms with E-state index in [4.69, 9.17) is 0 Å². The van der Waals surface area contributed by atoms with Gasteiger partial charge in [-0.3, -0.25) is 0 Å². The van der Waals surface area contributed by atoms with Crippen molar-refractivity contribution in [3.63, 3.8) is 0 Å². The van der Waals surface area contributed by atoms with Crippen LogP contribution in [0.4, 0.5) is 0 Å². The first kappa shape index (κ1) is 16.1. The fraction of sp³-hybridized carbons (Fsp3) is 0.714. The molecule has 0 aromatic heterocycles. The van der Waals surface area contributed by atoms with Gasteiger partial charge in [-0.05, 0) is 74.7 Å². The Kier molecular flexibility index (Phi) is 4.92. The predicted molar refractivity (Wildman–Crippen MR) is 93.7 cm³/mol. The van der Waals surface area contributed by atoms with Crippen LogP contribution in [0.5, 0.6) is 0 Å². The standard InChI is InChI=1S/C21H32O/c1-16-9-12-21(13-10-16)11-3-4-18(15-21)6-7-19-14-20(22)8-5-17(19)2/h6-7,16,20,22H,2-5,8-15H2,1H3/b18-6-,19-7-. The van der Waals surface area contributed by atoms with Gasteiger partial charge >= 0.3 is 0 Å². The van der Waals surface area contributed by atoms with Crippen LogP contribution < -0.4 is 0 Å². The van der Waals surface area contributed by atoms with Crippen molar-refractivity contribution in [2.24, 2.45) is 11.3 Å². The largest absolute Gasteiger partial charge is 0.393 e. The van der Waals surface area contributed by atoms with E-state index in [-0.39, 0.29) is 6.10 Å². The van der Waals surface area contributed by atoms with E-state index in [0.29, 0.717) is 5.41 Å². The number of aliphatic hydroxyl groups is 1. The lowest BCUT2D eigenvalue weighted by molar-refractivity contribution is 0.124. The molecule has 1 N–H and O–H groups in total. The first-order valence-electron chi connectivity index (χ1n) is 9.31. The van der Waals surface area contributed by atoms with Gasteiger partial charge in [-0.15, -0.1) is 0 Å². The van der Waals surface area contributed by atoms with Gasteiger partial charge in [0.25, 0.3) is 0 Å². The van der Waals surface area contributed by atoms with Gasteiger partial charge in [0.15, 0.2) is 0 Å². The summed E-state index contributed by atoms with van der Waals surface area (Å²) in [5.74, 6) is 0.939. The topological polar surface area (TPSA) is 20.2 Å². The van der Waals surface area contributed by atoms with Gasteiger partial charge < -0.3 is 5.11 Å². The Balaban J connectivity index is 1.67. The van der Waals surface area contributed by atoms with Crippen molar-refractivity contribution in [1.29, 1.82) is 0 Å². The number of allylic oxidation sites excluding steroid dienone is 4. The molecular weight excluding hydrogens is 268 g/mol. The van der Waals surface area contributed by atoms with E-state index in [2.05, 4.69) is 25.7 Å². The molecule has 0 aromatic rings. The molecule has 122 valence electrons. The summed E-state index contributed by atoms with van der Waals surface area (Å²) in [5.41, 5.74) is 4.78. The number of aliphatic hydroxyl groups excluding tert-OH is 1. The molecule has 0 saturated heterocycles. The van der Waals surface area contributed by atoms with Crippen molar-refractivity contribution in [2.75, 3.05) is 0 Å². The van der Waals surface area contributed by atoms with Crippen molar-refractivity contribution in [3.8, 4) is 0 Å². The van der Waals surface area contributed by atoms with Crippen LogP contribution in [-0.2, 0) is 0 Å². The fourth-order valence-electron chi connectivity index (χ4n) is 4.70. The minimum absolute atomic E-state index is 0.160. The van der Waals surface area contributed by atoms with Crippen molar-refractivity contribution < 1.29 is 5.11 Å². The van der Waals surface area contributed by atoms with Crippen LogP contribution in [0, 0.1) is 11.3 Å². The van der Waals surface area contributed by atoms with Crippen LogP contribution in [0.25, 0.3) is 0 Å². The lowest BCUT2D eigenvalue weighted by Gasteiger charge is -2.43. The van der Waals surface area contributed by atoms with E-state index in [0.717, 1.165) is 25.2 Å². The summed E-state index contributed by atoms with van der Waals surface area (Å²) in [6.07, 6.45) is 18.3. The van der Waals surface area contributed by atoms with Gasteiger partial charge in [-0.1, -0.05) is 49.6 Å². The molecule has 1 spiro atoms. The predicted octanol–water partition coefficient (Wildman–Crippen LogP) is 5.71. The fourth-order valence-corrected chi connectivity index (χ4v) is 4.70. The zero-order valence-electron chi connectivity index (χ0n) is 14.2. The maximum absolute atomic E-state index is 9.86. The molecule has 1 heteroatoms. The average molecular weight is 300 g/mol. The molecule has 3 aliphatic rings. The summed E-state index contributed by atoms with van der Waals surface area (Å²) in [6.45, 7) is 6.59. The molecule has 1 nitrogen and oxygen atoms in total. The third kappa shape index (κ3) is 3.74. The van der Waals surface area contributed by atoms with Crippen molar-refractivity contribution in [3.05, 3.63) is 35.5 Å². The quantitative estimate of drug-likeness (QED) is 0.657. The molecule has 1 unspecified atom stereocenters. The van der Waals surface area contributed by atoms with E-state index in [1.807, 2.05) is 0 Å². The molecule has 3 aliphatic carbocycles. The third-order valence-corrected chi connectivity index (χ3v) is 6.35. The molecule has 0 radical (unpaired) electrons. The molecule has 0 heterocycles. The van der Waals surface area contributed by atoms with Crippen molar-refractivity contribution >= 4 is 0 Å². The second-order valence-corrected chi connectivity index (χ2v) is 8.23. The minimum Gasteiger partial charge on any atom is -0.393 e. The first-order chi connectivity index (χ1) is 10.6. The summed E-state index contributed by atoms with van der Waals surface area (Å²) in [4.78, 5) is 0. The van der Waals surface area contributed by atoms with Crippen molar-refractivity contribution in [1.82, 2.24) is 0 Å². The molecule has 0 bridgehead atoms. The molecule has 3 saturated carbocycles. The maximum Gasteiger partial charge on any atom is 0.0583 e. The van der Waals surface area contributed by atoms with E-state index >= 15 is 0 Å². The number of rotatable bonds is 1. The summed E-state index contributed by atoms with van der Waals surface area (Å²) in [7, 11) is 0. The SMILES string of the molecule is C=C1CCC(O)C/C1=C/C=C1/CCCC2(CCC(C)CC2)C1. The van der Waals surface area contributed by atoms with E-state index in [9.17, 15) is 5.11 Å². The van der Waals surface area contributed by atoms with Crippen LogP contribution in [0.3, 0.4) is 0 Å². The van der Waals surface area contributed by atoms with Crippen LogP contribution >= 0.6 is 0 Å². The Labute approximate surface area is 136 Å². The normalized spacial score (nSPS) is 40.5. The van der Waals surface area contributed by atoms with E-state index in [1.165, 1.54) is 62.5 Å². The van der Waals surface area contributed by atoms with Gasteiger partial charge in [0.2, 0.25) is 0 Å². The lowest BCUT2D eigenvalue weighted by atomic mass is 9.62. The molecule has 0 aromatic carbocycles.